The molecule has 0 atom stereocenters. The summed E-state index contributed by atoms with van der Waals surface area (Å²) in [6.07, 6.45) is 4.19. The highest BCUT2D eigenvalue weighted by Gasteiger charge is 2.20. The van der Waals surface area contributed by atoms with E-state index in [1.54, 1.807) is 20.3 Å². The molecular formula is C33H37N3O7. The largest absolute Gasteiger partial charge is 0.493 e. The molecule has 43 heavy (non-hydrogen) atoms. The fourth-order valence-corrected chi connectivity index (χ4v) is 4.82. The molecular weight excluding hydrogens is 550 g/mol. The van der Waals surface area contributed by atoms with Crippen LogP contribution in [0.15, 0.2) is 66.5 Å². The van der Waals surface area contributed by atoms with Crippen LogP contribution in [-0.2, 0) is 17.8 Å². The topological polar surface area (TPSA) is 109 Å². The first-order valence-corrected chi connectivity index (χ1v) is 13.8. The van der Waals surface area contributed by atoms with Crippen molar-refractivity contribution in [1.29, 1.82) is 0 Å². The molecule has 10 heteroatoms. The lowest BCUT2D eigenvalue weighted by Crippen LogP contribution is -2.35. The molecule has 0 aliphatic carbocycles. The van der Waals surface area contributed by atoms with E-state index in [0.29, 0.717) is 41.7 Å². The van der Waals surface area contributed by atoms with Crippen LogP contribution in [0.3, 0.4) is 0 Å². The van der Waals surface area contributed by atoms with Crippen LogP contribution in [0, 0.1) is 0 Å². The van der Waals surface area contributed by atoms with E-state index >= 15 is 0 Å². The second kappa shape index (κ2) is 14.2. The molecule has 4 aromatic rings. The molecule has 0 aliphatic heterocycles. The lowest BCUT2D eigenvalue weighted by atomic mass is 10.1. The van der Waals surface area contributed by atoms with Crippen molar-refractivity contribution in [2.45, 2.75) is 19.9 Å². The van der Waals surface area contributed by atoms with Gasteiger partial charge < -0.3 is 38.9 Å². The van der Waals surface area contributed by atoms with E-state index < -0.39 is 11.8 Å². The van der Waals surface area contributed by atoms with E-state index in [1.165, 1.54) is 33.5 Å². The SMILES string of the molecule is CCn1cc(/C=C(\NC(=O)c2cc(OC)c(OC)c(OC)c2)C(=O)NCCc2ccc(OC)c(OC)c2)c2ccccc21. The summed E-state index contributed by atoms with van der Waals surface area (Å²) in [4.78, 5) is 27.1. The van der Waals surface area contributed by atoms with Crippen molar-refractivity contribution in [2.75, 3.05) is 42.1 Å². The van der Waals surface area contributed by atoms with Crippen LogP contribution in [0.5, 0.6) is 28.7 Å². The zero-order valence-corrected chi connectivity index (χ0v) is 25.3. The van der Waals surface area contributed by atoms with E-state index in [4.69, 9.17) is 23.7 Å². The van der Waals surface area contributed by atoms with Gasteiger partial charge in [0.1, 0.15) is 5.70 Å². The Hall–Kier alpha value is -5.12. The molecule has 2 N–H and O–H groups in total. The van der Waals surface area contributed by atoms with Gasteiger partial charge in [-0.2, -0.15) is 0 Å². The molecule has 10 nitrogen and oxygen atoms in total. The third kappa shape index (κ3) is 6.86. The summed E-state index contributed by atoms with van der Waals surface area (Å²) in [5, 5.41) is 6.70. The molecule has 0 aliphatic rings. The van der Waals surface area contributed by atoms with Gasteiger partial charge in [0.15, 0.2) is 23.0 Å². The maximum atomic E-state index is 13.6. The van der Waals surface area contributed by atoms with E-state index in [2.05, 4.69) is 15.2 Å². The number of carbonyl (C=O) groups excluding carboxylic acids is 2. The maximum absolute atomic E-state index is 13.6. The van der Waals surface area contributed by atoms with Gasteiger partial charge in [-0.3, -0.25) is 9.59 Å². The van der Waals surface area contributed by atoms with Crippen molar-refractivity contribution >= 4 is 28.8 Å². The minimum absolute atomic E-state index is 0.0880. The predicted molar refractivity (Wildman–Crippen MR) is 165 cm³/mol. The number of fused-ring (bicyclic) bond motifs is 1. The Morgan fingerprint density at radius 3 is 2.12 bits per heavy atom. The number of rotatable bonds is 13. The first kappa shape index (κ1) is 30.8. The second-order valence-corrected chi connectivity index (χ2v) is 9.51. The van der Waals surface area contributed by atoms with Crippen molar-refractivity contribution in [2.24, 2.45) is 0 Å². The summed E-state index contributed by atoms with van der Waals surface area (Å²) >= 11 is 0. The Morgan fingerprint density at radius 1 is 0.814 bits per heavy atom. The summed E-state index contributed by atoms with van der Waals surface area (Å²) in [5.74, 6) is 1.29. The number of ether oxygens (including phenoxy) is 5. The van der Waals surface area contributed by atoms with Crippen molar-refractivity contribution < 1.29 is 33.3 Å². The number of nitrogens with one attached hydrogen (secondary N) is 2. The number of benzene rings is 3. The molecule has 0 fully saturated rings. The molecule has 0 bridgehead atoms. The van der Waals surface area contributed by atoms with Crippen LogP contribution >= 0.6 is 0 Å². The van der Waals surface area contributed by atoms with Crippen molar-refractivity contribution in [1.82, 2.24) is 15.2 Å². The number of hydrogen-bond donors (Lipinski definition) is 2. The minimum atomic E-state index is -0.514. The van der Waals surface area contributed by atoms with Gasteiger partial charge in [0.25, 0.3) is 11.8 Å². The number of aromatic nitrogens is 1. The van der Waals surface area contributed by atoms with Gasteiger partial charge in [0.2, 0.25) is 5.75 Å². The molecule has 0 saturated carbocycles. The number of methoxy groups -OCH3 is 5. The fraction of sp³-hybridized carbons (Fsp3) is 0.273. The van der Waals surface area contributed by atoms with Gasteiger partial charge >= 0.3 is 0 Å². The van der Waals surface area contributed by atoms with E-state index in [9.17, 15) is 9.59 Å². The number of nitrogens with zero attached hydrogens (tertiary/aromatic N) is 1. The Bertz CT molecular complexity index is 1620. The zero-order valence-electron chi connectivity index (χ0n) is 25.3. The summed E-state index contributed by atoms with van der Waals surface area (Å²) in [7, 11) is 7.59. The van der Waals surface area contributed by atoms with Crippen LogP contribution in [0.1, 0.15) is 28.4 Å². The van der Waals surface area contributed by atoms with Crippen molar-refractivity contribution in [3.05, 3.63) is 83.2 Å². The standard InChI is InChI=1S/C33H37N3O7/c1-7-36-20-23(24-10-8-9-11-26(24)36)17-25(33(38)34-15-14-21-12-13-27(39-2)28(16-21)40-3)35-32(37)22-18-29(41-4)31(43-6)30(19-22)42-5/h8-13,16-20H,7,14-15H2,1-6H3,(H,34,38)(H,35,37)/b25-17-. The summed E-state index contributed by atoms with van der Waals surface area (Å²) < 4.78 is 29.0. The Morgan fingerprint density at radius 2 is 1.49 bits per heavy atom. The van der Waals surface area contributed by atoms with Crippen molar-refractivity contribution in [3.63, 3.8) is 0 Å². The third-order valence-electron chi connectivity index (χ3n) is 7.03. The Kier molecular flexibility index (Phi) is 10.2. The zero-order chi connectivity index (χ0) is 30.9. The van der Waals surface area contributed by atoms with Crippen molar-refractivity contribution in [3.8, 4) is 28.7 Å². The Balaban J connectivity index is 1.64. The highest BCUT2D eigenvalue weighted by atomic mass is 16.5. The lowest BCUT2D eigenvalue weighted by molar-refractivity contribution is -0.117. The molecule has 0 radical (unpaired) electrons. The lowest BCUT2D eigenvalue weighted by Gasteiger charge is -2.15. The van der Waals surface area contributed by atoms with Crippen LogP contribution in [-0.4, -0.2) is 58.5 Å². The molecule has 0 unspecified atom stereocenters. The highest BCUT2D eigenvalue weighted by Crippen LogP contribution is 2.38. The number of hydrogen-bond acceptors (Lipinski definition) is 7. The van der Waals surface area contributed by atoms with Gasteiger partial charge in [-0.15, -0.1) is 0 Å². The van der Waals surface area contributed by atoms with Gasteiger partial charge in [-0.25, -0.2) is 0 Å². The second-order valence-electron chi connectivity index (χ2n) is 9.51. The minimum Gasteiger partial charge on any atom is -0.493 e. The molecule has 2 amide bonds. The van der Waals surface area contributed by atoms with Crippen LogP contribution in [0.4, 0.5) is 0 Å². The fourth-order valence-electron chi connectivity index (χ4n) is 4.82. The van der Waals surface area contributed by atoms with Gasteiger partial charge in [-0.1, -0.05) is 24.3 Å². The normalized spacial score (nSPS) is 11.2. The van der Waals surface area contributed by atoms with Crippen LogP contribution in [0.2, 0.25) is 0 Å². The smallest absolute Gasteiger partial charge is 0.267 e. The molecule has 1 heterocycles. The molecule has 4 rings (SSSR count). The van der Waals surface area contributed by atoms with Gasteiger partial charge in [-0.05, 0) is 55.3 Å². The summed E-state index contributed by atoms with van der Waals surface area (Å²) in [6.45, 7) is 3.12. The van der Waals surface area contributed by atoms with E-state index in [0.717, 1.165) is 28.6 Å². The first-order valence-electron chi connectivity index (χ1n) is 13.8. The van der Waals surface area contributed by atoms with Crippen LogP contribution in [0.25, 0.3) is 17.0 Å². The monoisotopic (exact) mass is 587 g/mol. The average Bonchev–Trinajstić information content (AvgIpc) is 3.40. The van der Waals surface area contributed by atoms with Crippen LogP contribution < -0.4 is 34.3 Å². The van der Waals surface area contributed by atoms with Gasteiger partial charge in [0, 0.05) is 41.3 Å². The van der Waals surface area contributed by atoms with E-state index in [1.807, 2.05) is 55.6 Å². The molecule has 3 aromatic carbocycles. The number of amides is 2. The maximum Gasteiger partial charge on any atom is 0.267 e. The summed E-state index contributed by atoms with van der Waals surface area (Å²) in [6, 6.07) is 16.6. The number of carbonyl (C=O) groups is 2. The molecule has 0 saturated heterocycles. The molecule has 226 valence electrons. The predicted octanol–water partition coefficient (Wildman–Crippen LogP) is 4.83. The number of para-hydroxylation sites is 1. The van der Waals surface area contributed by atoms with Gasteiger partial charge in [0.05, 0.1) is 35.5 Å². The first-order chi connectivity index (χ1) is 20.9. The average molecular weight is 588 g/mol. The quantitative estimate of drug-likeness (QED) is 0.216. The summed E-state index contributed by atoms with van der Waals surface area (Å²) in [5.41, 5.74) is 3.10. The Labute approximate surface area is 251 Å². The molecule has 0 spiro atoms. The van der Waals surface area contributed by atoms with E-state index in [-0.39, 0.29) is 11.3 Å². The number of aryl methyl sites for hydroxylation is 1. The highest BCUT2D eigenvalue weighted by molar-refractivity contribution is 6.07. The molecule has 1 aromatic heterocycles. The third-order valence-corrected chi connectivity index (χ3v) is 7.03.